The van der Waals surface area contributed by atoms with E-state index in [0.717, 1.165) is 0 Å². The molecule has 0 aromatic rings. The number of halogens is 1. The molecule has 0 fully saturated rings. The van der Waals surface area contributed by atoms with Gasteiger partial charge in [0.15, 0.2) is 6.98 Å². The van der Waals surface area contributed by atoms with Crippen LogP contribution in [0.1, 0.15) is 27.2 Å². The van der Waals surface area contributed by atoms with E-state index in [1.807, 2.05) is 0 Å². The molecule has 0 heterocycles. The van der Waals surface area contributed by atoms with E-state index >= 15 is 0 Å². The van der Waals surface area contributed by atoms with Gasteiger partial charge in [-0.1, -0.05) is 14.9 Å². The molecule has 0 saturated carbocycles. The zero-order valence-electron chi connectivity index (χ0n) is 13.3. The normalized spacial score (nSPS) is 18.9. The van der Waals surface area contributed by atoms with Crippen molar-refractivity contribution < 1.29 is 17.3 Å². The third-order valence-electron chi connectivity index (χ3n) is 0. The zero-order chi connectivity index (χ0) is 15.1. The van der Waals surface area contributed by atoms with Gasteiger partial charge in [0.25, 0.3) is 0 Å². The van der Waals surface area contributed by atoms with E-state index < -0.39 is 25.9 Å². The van der Waals surface area contributed by atoms with Crippen LogP contribution in [0.25, 0.3) is 0 Å². The second-order valence-corrected chi connectivity index (χ2v) is 0.257. The Morgan fingerprint density at radius 1 is 1.36 bits per heavy atom. The largest absolute Gasteiger partial charge is 0.333 e. The third-order valence-corrected chi connectivity index (χ3v) is 0. The smallest absolute Gasteiger partial charge is 0.194 e. The van der Waals surface area contributed by atoms with Crippen LogP contribution in [0.3, 0.4) is 0 Å². The molecule has 5 nitrogen and oxygen atoms in total. The molecule has 76 valence electrons. The summed E-state index contributed by atoms with van der Waals surface area (Å²) in [6, 6.07) is 0. The highest BCUT2D eigenvalue weighted by atomic mass is 35.5. The van der Waals surface area contributed by atoms with Crippen molar-refractivity contribution in [2.45, 2.75) is 14.9 Å². The highest BCUT2D eigenvalue weighted by Crippen LogP contribution is 1.39. The van der Waals surface area contributed by atoms with E-state index in [2.05, 4.69) is 11.5 Å². The van der Waals surface area contributed by atoms with Gasteiger partial charge < -0.3 is 11.5 Å². The van der Waals surface area contributed by atoms with Crippen molar-refractivity contribution in [1.82, 2.24) is 0 Å². The van der Waals surface area contributed by atoms with Gasteiger partial charge >= 0.3 is 0 Å². The first-order valence-electron chi connectivity index (χ1n) is 5.67. The molecule has 0 spiro atoms. The predicted octanol–water partition coefficient (Wildman–Crippen LogP) is 0.737. The quantitative estimate of drug-likeness (QED) is 0.445. The number of hydrogen-bond donors (Lipinski definition) is 2. The standard InChI is InChI=1S/CH3NO2.2CH5N.2CH4.ClH/c1-2(3)4;2*1-2;;;/h1H3;2*2H2,1H3;2*1H4;1H/i3*1D3;;;. The summed E-state index contributed by atoms with van der Waals surface area (Å²) < 4.78 is 54.4. The van der Waals surface area contributed by atoms with E-state index in [0.29, 0.717) is 0 Å². The molecular weight excluding hydrogens is 170 g/mol. The van der Waals surface area contributed by atoms with Crippen LogP contribution < -0.4 is 11.5 Å². The fourth-order valence-corrected chi connectivity index (χ4v) is 0. The summed E-state index contributed by atoms with van der Waals surface area (Å²) in [6.07, 6.45) is 0. The van der Waals surface area contributed by atoms with Crippen LogP contribution in [-0.2, 0) is 0 Å². The maximum atomic E-state index is 9.26. The summed E-state index contributed by atoms with van der Waals surface area (Å²) in [6.45, 7) is -7.53. The van der Waals surface area contributed by atoms with Gasteiger partial charge in [-0.15, -0.1) is 12.4 Å². The first kappa shape index (κ1) is 5.29. The molecule has 0 aliphatic carbocycles. The molecule has 4 N–H and O–H groups in total. The molecular formula is C5H22ClN3O2. The summed E-state index contributed by atoms with van der Waals surface area (Å²) in [7, 11) is 0. The van der Waals surface area contributed by atoms with E-state index in [1.165, 1.54) is 0 Å². The van der Waals surface area contributed by atoms with Crippen LogP contribution in [0.15, 0.2) is 0 Å². The van der Waals surface area contributed by atoms with E-state index in [1.54, 1.807) is 0 Å². The fraction of sp³-hybridized carbons (Fsp3) is 1.00. The Labute approximate surface area is 88.4 Å². The number of nitro groups is 1. The van der Waals surface area contributed by atoms with Crippen molar-refractivity contribution in [1.29, 1.82) is 0 Å². The van der Waals surface area contributed by atoms with Crippen LogP contribution in [0, 0.1) is 10.1 Å². The molecule has 0 aliphatic heterocycles. The predicted molar refractivity (Wildman–Crippen MR) is 53.9 cm³/mol. The Bertz CT molecular complexity index is 203. The van der Waals surface area contributed by atoms with E-state index in [-0.39, 0.29) is 27.3 Å². The molecule has 6 heteroatoms. The summed E-state index contributed by atoms with van der Waals surface area (Å²) in [5.74, 6) is 0. The lowest BCUT2D eigenvalue weighted by atomic mass is 11.5. The zero-order valence-corrected chi connectivity index (χ0v) is 5.14. The molecule has 0 bridgehead atoms. The van der Waals surface area contributed by atoms with Crippen molar-refractivity contribution in [3.63, 3.8) is 0 Å². The molecule has 0 unspecified atom stereocenters. The van der Waals surface area contributed by atoms with E-state index in [4.69, 9.17) is 12.3 Å². The third kappa shape index (κ3) is 3660. The summed E-state index contributed by atoms with van der Waals surface area (Å²) in [5.41, 5.74) is 8.71. The van der Waals surface area contributed by atoms with Crippen molar-refractivity contribution in [2.24, 2.45) is 11.5 Å². The Kier molecular flexibility index (Phi) is 50.3. The van der Waals surface area contributed by atoms with Gasteiger partial charge in [-0.2, -0.15) is 0 Å². The second kappa shape index (κ2) is 105. The van der Waals surface area contributed by atoms with Gasteiger partial charge in [-0.25, -0.2) is 0 Å². The monoisotopic (exact) mass is 200 g/mol. The SMILES string of the molecule is C.C.Cl.[2H]C([2H])([2H])N.[2H]C([2H])([2H])N.[2H]C([2H])([2H])[N+](=O)[O-]. The molecule has 0 saturated heterocycles. The molecule has 0 aromatic carbocycles. The van der Waals surface area contributed by atoms with Crippen molar-refractivity contribution in [3.8, 4) is 0 Å². The number of nitrogens with two attached hydrogens (primary N) is 2. The van der Waals surface area contributed by atoms with Crippen molar-refractivity contribution in [3.05, 3.63) is 10.1 Å². The first-order valence-corrected chi connectivity index (χ1v) is 1.17. The lowest BCUT2D eigenvalue weighted by Crippen LogP contribution is -1.79. The Hall–Kier alpha value is -0.390. The number of nitrogens with zero attached hydrogens (tertiary/aromatic N) is 1. The van der Waals surface area contributed by atoms with Gasteiger partial charge in [0, 0.05) is 13.1 Å². The van der Waals surface area contributed by atoms with Crippen LogP contribution in [0.2, 0.25) is 0 Å². The average Bonchev–Trinajstić information content (AvgIpc) is 1.74. The minimum absolute atomic E-state index is 0. The molecule has 0 radical (unpaired) electrons. The average molecular weight is 201 g/mol. The summed E-state index contributed by atoms with van der Waals surface area (Å²) >= 11 is 0. The van der Waals surface area contributed by atoms with Gasteiger partial charge in [0.2, 0.25) is 0 Å². The van der Waals surface area contributed by atoms with Crippen LogP contribution >= 0.6 is 12.4 Å². The number of hydrogen-bond acceptors (Lipinski definition) is 4. The fourth-order valence-electron chi connectivity index (χ4n) is 0. The van der Waals surface area contributed by atoms with Crippen LogP contribution in [-0.4, -0.2) is 25.9 Å². The van der Waals surface area contributed by atoms with Gasteiger partial charge in [0.1, 0.15) is 4.11 Å². The second-order valence-electron chi connectivity index (χ2n) is 0.257. The number of rotatable bonds is 0. The van der Waals surface area contributed by atoms with Crippen molar-refractivity contribution in [2.75, 3.05) is 20.9 Å². The summed E-state index contributed by atoms with van der Waals surface area (Å²) in [5, 5.41) is 9.26. The summed E-state index contributed by atoms with van der Waals surface area (Å²) in [4.78, 5) is 7.95. The highest BCUT2D eigenvalue weighted by molar-refractivity contribution is 5.85. The molecule has 0 amide bonds. The van der Waals surface area contributed by atoms with Crippen molar-refractivity contribution >= 4 is 12.4 Å². The maximum Gasteiger partial charge on any atom is 0.194 e. The Morgan fingerprint density at radius 3 is 1.45 bits per heavy atom. The Balaban J connectivity index is -0.0000000348. The molecule has 0 aliphatic rings. The molecule has 11 heavy (non-hydrogen) atoms. The minimum atomic E-state index is -3.03. The highest BCUT2D eigenvalue weighted by Gasteiger charge is 1.57. The van der Waals surface area contributed by atoms with Gasteiger partial charge in [-0.05, 0) is 14.0 Å². The van der Waals surface area contributed by atoms with Gasteiger partial charge in [-0.3, -0.25) is 10.1 Å². The molecule has 0 atom stereocenters. The lowest BCUT2D eigenvalue weighted by Gasteiger charge is -1.63. The van der Waals surface area contributed by atoms with Gasteiger partial charge in [0.05, 0.1) is 0 Å². The molecule has 0 aromatic heterocycles. The minimum Gasteiger partial charge on any atom is -0.333 e. The Morgan fingerprint density at radius 2 is 1.45 bits per heavy atom. The lowest BCUT2D eigenvalue weighted by molar-refractivity contribution is -0.445. The topological polar surface area (TPSA) is 95.2 Å². The van der Waals surface area contributed by atoms with Crippen LogP contribution in [0.5, 0.6) is 0 Å². The van der Waals surface area contributed by atoms with Crippen LogP contribution in [0.4, 0.5) is 0 Å². The van der Waals surface area contributed by atoms with E-state index in [9.17, 15) is 10.1 Å². The first-order chi connectivity index (χ1) is 6.94. The maximum absolute atomic E-state index is 9.26. The molecule has 0 rings (SSSR count).